The first-order chi connectivity index (χ1) is 19.3. The van der Waals surface area contributed by atoms with E-state index in [1.165, 1.54) is 12.3 Å². The van der Waals surface area contributed by atoms with Crippen LogP contribution in [0.2, 0.25) is 0 Å². The van der Waals surface area contributed by atoms with Gasteiger partial charge in [0.05, 0.1) is 33.7 Å². The Hall–Kier alpha value is -4.58. The Kier molecular flexibility index (Phi) is 6.54. The van der Waals surface area contributed by atoms with Gasteiger partial charge in [0.1, 0.15) is 5.69 Å². The number of anilines is 4. The molecular weight excluding hydrogens is 520 g/mol. The fraction of sp³-hybridized carbons (Fsp3) is 0.286. The molecule has 0 radical (unpaired) electrons. The molecule has 0 bridgehead atoms. The van der Waals surface area contributed by atoms with Crippen LogP contribution in [0.1, 0.15) is 12.8 Å². The first-order valence-corrected chi connectivity index (χ1v) is 12.8. The van der Waals surface area contributed by atoms with E-state index in [0.717, 1.165) is 30.8 Å². The lowest BCUT2D eigenvalue weighted by molar-refractivity contribution is -0.111. The smallest absolute Gasteiger partial charge is 0.387 e. The van der Waals surface area contributed by atoms with E-state index < -0.39 is 12.5 Å². The molecule has 4 heterocycles. The van der Waals surface area contributed by atoms with Crippen LogP contribution in [0.15, 0.2) is 65.8 Å². The Balaban J connectivity index is 1.35. The van der Waals surface area contributed by atoms with Crippen LogP contribution < -0.4 is 20.3 Å². The van der Waals surface area contributed by atoms with Crippen molar-refractivity contribution in [1.29, 1.82) is 0 Å². The number of para-hydroxylation sites is 1. The number of aromatic nitrogens is 3. The number of ether oxygens (including phenoxy) is 1. The Morgan fingerprint density at radius 1 is 1.23 bits per heavy atom. The molecule has 4 aromatic rings. The number of carbonyl (C=O) groups is 1. The summed E-state index contributed by atoms with van der Waals surface area (Å²) in [6.07, 6.45) is 4.84. The zero-order valence-electron chi connectivity index (χ0n) is 21.7. The molecule has 1 amide bonds. The summed E-state index contributed by atoms with van der Waals surface area (Å²) in [7, 11) is 2.10. The number of hydrogen-bond acceptors (Lipinski definition) is 9. The summed E-state index contributed by atoms with van der Waals surface area (Å²) in [5.74, 6) is -0.421. The van der Waals surface area contributed by atoms with Gasteiger partial charge in [0.15, 0.2) is 11.3 Å². The molecule has 2 N–H and O–H groups in total. The van der Waals surface area contributed by atoms with Crippen molar-refractivity contribution in [3.05, 3.63) is 61.3 Å². The first-order valence-electron chi connectivity index (χ1n) is 12.8. The second-order valence-electron chi connectivity index (χ2n) is 9.96. The number of nitrogens with one attached hydrogen (secondary N) is 2. The van der Waals surface area contributed by atoms with Crippen molar-refractivity contribution >= 4 is 39.9 Å². The molecule has 2 aliphatic rings. The fourth-order valence-corrected chi connectivity index (χ4v) is 5.46. The Morgan fingerprint density at radius 2 is 2.05 bits per heavy atom. The molecule has 0 saturated carbocycles. The summed E-state index contributed by atoms with van der Waals surface area (Å²) in [6, 6.07) is 12.1. The molecule has 2 aromatic heterocycles. The average molecular weight is 548 g/mol. The third-order valence-electron chi connectivity index (χ3n) is 7.54. The summed E-state index contributed by atoms with van der Waals surface area (Å²) in [5.41, 5.74) is 2.78. The highest BCUT2D eigenvalue weighted by Gasteiger charge is 2.49. The number of alkyl halides is 2. The summed E-state index contributed by atoms with van der Waals surface area (Å²) < 4.78 is 37.3. The molecular formula is C28H27F2N7O3. The zero-order valence-corrected chi connectivity index (χ0v) is 21.7. The lowest BCUT2D eigenvalue weighted by Gasteiger charge is -2.53. The van der Waals surface area contributed by atoms with E-state index >= 15 is 0 Å². The molecule has 206 valence electrons. The van der Waals surface area contributed by atoms with Crippen molar-refractivity contribution < 1.29 is 22.8 Å². The van der Waals surface area contributed by atoms with Crippen molar-refractivity contribution in [1.82, 2.24) is 20.0 Å². The molecule has 6 rings (SSSR count). The van der Waals surface area contributed by atoms with E-state index in [0.29, 0.717) is 41.4 Å². The molecule has 40 heavy (non-hydrogen) atoms. The average Bonchev–Trinajstić information content (AvgIpc) is 3.53. The van der Waals surface area contributed by atoms with Gasteiger partial charge in [-0.25, -0.2) is 9.97 Å². The van der Waals surface area contributed by atoms with Gasteiger partial charge in [0.25, 0.3) is 0 Å². The molecule has 12 heteroatoms. The summed E-state index contributed by atoms with van der Waals surface area (Å²) in [5, 5.41) is 10.7. The zero-order chi connectivity index (χ0) is 27.9. The molecule has 2 aliphatic heterocycles. The van der Waals surface area contributed by atoms with Crippen LogP contribution in [0.5, 0.6) is 5.75 Å². The molecule has 2 aromatic carbocycles. The highest BCUT2D eigenvalue weighted by Crippen LogP contribution is 2.45. The monoisotopic (exact) mass is 547 g/mol. The number of likely N-dealkylation sites (tertiary alicyclic amines) is 1. The lowest BCUT2D eigenvalue weighted by Crippen LogP contribution is -2.67. The molecule has 10 nitrogen and oxygen atoms in total. The number of amides is 1. The molecule has 2 saturated heterocycles. The SMILES string of the molecule is C=CC(=O)Nc1cc(Nc2nccc(-c3noc4ccccc34)n2)c(OC(F)F)cc1N1CC2(CCCN2C)C1. The van der Waals surface area contributed by atoms with Crippen molar-refractivity contribution in [2.75, 3.05) is 42.2 Å². The highest BCUT2D eigenvalue weighted by atomic mass is 19.3. The molecule has 0 aliphatic carbocycles. The van der Waals surface area contributed by atoms with Crippen LogP contribution in [-0.2, 0) is 4.79 Å². The van der Waals surface area contributed by atoms with Gasteiger partial charge in [-0.2, -0.15) is 8.78 Å². The van der Waals surface area contributed by atoms with Gasteiger partial charge in [-0.15, -0.1) is 0 Å². The van der Waals surface area contributed by atoms with Crippen LogP contribution in [-0.4, -0.2) is 64.8 Å². The quantitative estimate of drug-likeness (QED) is 0.293. The number of rotatable bonds is 8. The number of nitrogens with zero attached hydrogens (tertiary/aromatic N) is 5. The molecule has 1 spiro atoms. The Bertz CT molecular complexity index is 1590. The van der Waals surface area contributed by atoms with E-state index in [4.69, 9.17) is 9.26 Å². The van der Waals surface area contributed by atoms with Gasteiger partial charge in [-0.05, 0) is 56.8 Å². The maximum absolute atomic E-state index is 13.5. The Morgan fingerprint density at radius 3 is 2.80 bits per heavy atom. The minimum atomic E-state index is -3.07. The van der Waals surface area contributed by atoms with Gasteiger partial charge >= 0.3 is 6.61 Å². The maximum Gasteiger partial charge on any atom is 0.387 e. The number of likely N-dealkylation sites (N-methyl/N-ethyl adjacent to an activating group) is 1. The maximum atomic E-state index is 13.5. The van der Waals surface area contributed by atoms with Gasteiger partial charge in [-0.1, -0.05) is 23.9 Å². The minimum Gasteiger partial charge on any atom is -0.433 e. The van der Waals surface area contributed by atoms with Gasteiger partial charge in [0.2, 0.25) is 11.9 Å². The van der Waals surface area contributed by atoms with E-state index in [9.17, 15) is 13.6 Å². The second-order valence-corrected chi connectivity index (χ2v) is 9.96. The van der Waals surface area contributed by atoms with Gasteiger partial charge < -0.3 is 24.8 Å². The standard InChI is InChI=1S/C28H27F2N7O3/c1-3-24(38)32-19-13-20(23(39-26(29)30)14-21(19)37-15-28(16-37)10-6-12-36(28)2)34-27-31-11-9-18(33-27)25-17-7-4-5-8-22(17)40-35-25/h3-5,7-9,11,13-14,26H,1,6,10,12,15-16H2,2H3,(H,32,38)(H,31,33,34). The van der Waals surface area contributed by atoms with Crippen molar-refractivity contribution in [2.24, 2.45) is 0 Å². The second kappa shape index (κ2) is 10.2. The van der Waals surface area contributed by atoms with Crippen molar-refractivity contribution in [3.63, 3.8) is 0 Å². The predicted octanol–water partition coefficient (Wildman–Crippen LogP) is 5.04. The predicted molar refractivity (Wildman–Crippen MR) is 147 cm³/mol. The normalized spacial score (nSPS) is 16.4. The topological polar surface area (TPSA) is 109 Å². The third-order valence-corrected chi connectivity index (χ3v) is 7.54. The van der Waals surface area contributed by atoms with Crippen molar-refractivity contribution in [3.8, 4) is 17.1 Å². The van der Waals surface area contributed by atoms with E-state index in [1.807, 2.05) is 18.2 Å². The van der Waals surface area contributed by atoms with Crippen LogP contribution >= 0.6 is 0 Å². The van der Waals surface area contributed by atoms with Gasteiger partial charge in [-0.3, -0.25) is 9.69 Å². The van der Waals surface area contributed by atoms with Crippen molar-refractivity contribution in [2.45, 2.75) is 25.0 Å². The summed E-state index contributed by atoms with van der Waals surface area (Å²) >= 11 is 0. The minimum absolute atomic E-state index is 0.0416. The molecule has 0 atom stereocenters. The number of fused-ring (bicyclic) bond motifs is 1. The Labute approximate surface area is 228 Å². The molecule has 2 fully saturated rings. The van der Waals surface area contributed by atoms with Crippen LogP contribution in [0, 0.1) is 0 Å². The number of carbonyl (C=O) groups excluding carboxylic acids is 1. The fourth-order valence-electron chi connectivity index (χ4n) is 5.46. The van der Waals surface area contributed by atoms with E-state index in [1.54, 1.807) is 18.2 Å². The van der Waals surface area contributed by atoms with Gasteiger partial charge in [0, 0.05) is 25.4 Å². The largest absolute Gasteiger partial charge is 0.433 e. The number of benzene rings is 2. The number of halogens is 2. The number of hydrogen-bond donors (Lipinski definition) is 2. The van der Waals surface area contributed by atoms with E-state index in [2.05, 4.69) is 49.2 Å². The first kappa shape index (κ1) is 25.7. The van der Waals surface area contributed by atoms with Crippen LogP contribution in [0.4, 0.5) is 31.8 Å². The molecule has 0 unspecified atom stereocenters. The van der Waals surface area contributed by atoms with E-state index in [-0.39, 0.29) is 22.9 Å². The van der Waals surface area contributed by atoms with Crippen LogP contribution in [0.25, 0.3) is 22.4 Å². The lowest BCUT2D eigenvalue weighted by atomic mass is 9.86. The van der Waals surface area contributed by atoms with Crippen LogP contribution in [0.3, 0.4) is 0 Å². The third kappa shape index (κ3) is 4.70. The highest BCUT2D eigenvalue weighted by molar-refractivity contribution is 6.02. The summed E-state index contributed by atoms with van der Waals surface area (Å²) in [6.45, 7) is 2.89. The summed E-state index contributed by atoms with van der Waals surface area (Å²) in [4.78, 5) is 25.5.